The summed E-state index contributed by atoms with van der Waals surface area (Å²) >= 11 is 0. The molecule has 1 aliphatic rings. The summed E-state index contributed by atoms with van der Waals surface area (Å²) in [6, 6.07) is -1.33. The van der Waals surface area contributed by atoms with Crippen molar-refractivity contribution in [2.75, 3.05) is 27.2 Å². The minimum absolute atomic E-state index is 0.379. The Kier molecular flexibility index (Phi) is 4.84. The highest BCUT2D eigenvalue weighted by Gasteiger charge is 2.63. The number of nitrogens with zero attached hydrogens (tertiary/aromatic N) is 1. The lowest BCUT2D eigenvalue weighted by molar-refractivity contribution is -0.141. The summed E-state index contributed by atoms with van der Waals surface area (Å²) in [7, 11) is 3.68. The molecule has 1 rings (SSSR count). The molecule has 5 N–H and O–H groups in total. The largest absolute Gasteiger partial charge is 0.481 e. The number of hydrogen-bond acceptors (Lipinski definition) is 5. The summed E-state index contributed by atoms with van der Waals surface area (Å²) in [6.07, 6.45) is 0. The fraction of sp³-hybridized carbons (Fsp3) is 0.727. The molecule has 108 valence electrons. The van der Waals surface area contributed by atoms with Crippen molar-refractivity contribution in [2.24, 2.45) is 23.5 Å². The van der Waals surface area contributed by atoms with Gasteiger partial charge in [0.1, 0.15) is 6.04 Å². The van der Waals surface area contributed by atoms with Gasteiger partial charge in [0, 0.05) is 19.0 Å². The van der Waals surface area contributed by atoms with E-state index >= 15 is 0 Å². The molecule has 0 aromatic carbocycles. The van der Waals surface area contributed by atoms with Crippen LogP contribution in [0.15, 0.2) is 0 Å². The van der Waals surface area contributed by atoms with Crippen LogP contribution < -0.4 is 11.1 Å². The maximum atomic E-state index is 11.8. The van der Waals surface area contributed by atoms with Gasteiger partial charge in [-0.2, -0.15) is 0 Å². The second-order valence-corrected chi connectivity index (χ2v) is 4.93. The summed E-state index contributed by atoms with van der Waals surface area (Å²) in [5.74, 6) is -5.63. The lowest BCUT2D eigenvalue weighted by Gasteiger charge is -2.10. The van der Waals surface area contributed by atoms with E-state index in [1.165, 1.54) is 0 Å². The molecule has 0 heterocycles. The third-order valence-electron chi connectivity index (χ3n) is 3.22. The Morgan fingerprint density at radius 3 is 2.26 bits per heavy atom. The normalized spacial score (nSPS) is 26.8. The fourth-order valence-corrected chi connectivity index (χ4v) is 2.12. The average Bonchev–Trinajstić information content (AvgIpc) is 3.02. The predicted molar refractivity (Wildman–Crippen MR) is 65.3 cm³/mol. The molecule has 1 unspecified atom stereocenters. The average molecular weight is 273 g/mol. The van der Waals surface area contributed by atoms with Gasteiger partial charge in [-0.1, -0.05) is 0 Å². The Labute approximate surface area is 110 Å². The SMILES string of the molecule is CN(C)CCNC(=O)[C@H]1[C@H](C(=O)O)[C@H]1C(N)C(=O)O. The zero-order valence-electron chi connectivity index (χ0n) is 10.9. The van der Waals surface area contributed by atoms with Crippen molar-refractivity contribution in [3.8, 4) is 0 Å². The number of likely N-dealkylation sites (N-methyl/N-ethyl adjacent to an activating group) is 1. The van der Waals surface area contributed by atoms with E-state index in [1.807, 2.05) is 19.0 Å². The molecule has 0 saturated heterocycles. The zero-order chi connectivity index (χ0) is 14.7. The van der Waals surface area contributed by atoms with Gasteiger partial charge in [-0.15, -0.1) is 0 Å². The van der Waals surface area contributed by atoms with Gasteiger partial charge in [0.05, 0.1) is 11.8 Å². The summed E-state index contributed by atoms with van der Waals surface area (Å²) in [6.45, 7) is 0.996. The smallest absolute Gasteiger partial charge is 0.320 e. The van der Waals surface area contributed by atoms with Crippen LogP contribution in [0.5, 0.6) is 0 Å². The van der Waals surface area contributed by atoms with Crippen LogP contribution in [0, 0.1) is 17.8 Å². The highest BCUT2D eigenvalue weighted by atomic mass is 16.4. The van der Waals surface area contributed by atoms with Crippen molar-refractivity contribution in [1.82, 2.24) is 10.2 Å². The molecule has 0 radical (unpaired) electrons. The first-order chi connectivity index (χ1) is 8.77. The third kappa shape index (κ3) is 3.65. The van der Waals surface area contributed by atoms with Crippen LogP contribution in [0.3, 0.4) is 0 Å². The predicted octanol–water partition coefficient (Wildman–Crippen LogP) is -1.98. The first-order valence-electron chi connectivity index (χ1n) is 5.91. The summed E-state index contributed by atoms with van der Waals surface area (Å²) in [5.41, 5.74) is 5.40. The lowest BCUT2D eigenvalue weighted by Crippen LogP contribution is -2.36. The number of carbonyl (C=O) groups excluding carboxylic acids is 1. The molecular weight excluding hydrogens is 254 g/mol. The summed E-state index contributed by atoms with van der Waals surface area (Å²) < 4.78 is 0. The Morgan fingerprint density at radius 1 is 1.26 bits per heavy atom. The van der Waals surface area contributed by atoms with E-state index in [2.05, 4.69) is 5.32 Å². The highest BCUT2D eigenvalue weighted by Crippen LogP contribution is 2.48. The van der Waals surface area contributed by atoms with Crippen LogP contribution in [0.25, 0.3) is 0 Å². The Balaban J connectivity index is 2.58. The Morgan fingerprint density at radius 2 is 1.84 bits per heavy atom. The molecule has 8 nitrogen and oxygen atoms in total. The molecule has 0 bridgehead atoms. The molecule has 1 saturated carbocycles. The quantitative estimate of drug-likeness (QED) is 0.422. The van der Waals surface area contributed by atoms with Crippen LogP contribution in [-0.2, 0) is 14.4 Å². The molecule has 1 aliphatic carbocycles. The molecule has 1 amide bonds. The number of nitrogens with two attached hydrogens (primary N) is 1. The first kappa shape index (κ1) is 15.4. The number of aliphatic carboxylic acids is 2. The minimum atomic E-state index is -1.33. The number of rotatable bonds is 7. The van der Waals surface area contributed by atoms with Gasteiger partial charge in [0.2, 0.25) is 5.91 Å². The third-order valence-corrected chi connectivity index (χ3v) is 3.22. The standard InChI is InChI=1S/C11H19N3O5/c1-14(2)4-3-13-9(15)6-5(7(6)10(16)17)8(12)11(18)19/h5-8H,3-4,12H2,1-2H3,(H,13,15)(H,16,17)(H,18,19)/t5-,6+,7+,8?/m0/s1. The van der Waals surface area contributed by atoms with E-state index in [0.29, 0.717) is 13.1 Å². The van der Waals surface area contributed by atoms with Crippen molar-refractivity contribution in [2.45, 2.75) is 6.04 Å². The van der Waals surface area contributed by atoms with Crippen molar-refractivity contribution in [1.29, 1.82) is 0 Å². The van der Waals surface area contributed by atoms with Gasteiger partial charge >= 0.3 is 11.9 Å². The van der Waals surface area contributed by atoms with E-state index in [9.17, 15) is 14.4 Å². The lowest BCUT2D eigenvalue weighted by atomic mass is 10.1. The Hall–Kier alpha value is -1.67. The van der Waals surface area contributed by atoms with Crippen LogP contribution in [-0.4, -0.2) is 66.2 Å². The van der Waals surface area contributed by atoms with Gasteiger partial charge in [-0.05, 0) is 14.1 Å². The van der Waals surface area contributed by atoms with Crippen molar-refractivity contribution >= 4 is 17.8 Å². The molecule has 0 aromatic rings. The first-order valence-corrected chi connectivity index (χ1v) is 5.91. The van der Waals surface area contributed by atoms with E-state index in [0.717, 1.165) is 0 Å². The highest BCUT2D eigenvalue weighted by molar-refractivity contribution is 5.92. The number of nitrogens with one attached hydrogen (secondary N) is 1. The van der Waals surface area contributed by atoms with E-state index in [-0.39, 0.29) is 0 Å². The molecular formula is C11H19N3O5. The number of carbonyl (C=O) groups is 3. The van der Waals surface area contributed by atoms with Crippen molar-refractivity contribution in [3.05, 3.63) is 0 Å². The van der Waals surface area contributed by atoms with Crippen LogP contribution in [0.4, 0.5) is 0 Å². The summed E-state index contributed by atoms with van der Waals surface area (Å²) in [5, 5.41) is 20.3. The molecule has 4 atom stereocenters. The van der Waals surface area contributed by atoms with Gasteiger partial charge in [0.25, 0.3) is 0 Å². The van der Waals surface area contributed by atoms with Crippen molar-refractivity contribution in [3.63, 3.8) is 0 Å². The molecule has 0 aromatic heterocycles. The Bertz CT molecular complexity index is 385. The van der Waals surface area contributed by atoms with Gasteiger partial charge < -0.3 is 26.2 Å². The monoisotopic (exact) mass is 273 g/mol. The molecule has 1 fully saturated rings. The van der Waals surface area contributed by atoms with Crippen LogP contribution in [0.2, 0.25) is 0 Å². The van der Waals surface area contributed by atoms with E-state index < -0.39 is 41.6 Å². The topological polar surface area (TPSA) is 133 Å². The van der Waals surface area contributed by atoms with Gasteiger partial charge in [0.15, 0.2) is 0 Å². The van der Waals surface area contributed by atoms with Gasteiger partial charge in [-0.3, -0.25) is 14.4 Å². The summed E-state index contributed by atoms with van der Waals surface area (Å²) in [4.78, 5) is 35.4. The number of carboxylic acid groups (broad SMARTS) is 2. The molecule has 8 heteroatoms. The van der Waals surface area contributed by atoms with E-state index in [4.69, 9.17) is 15.9 Å². The van der Waals surface area contributed by atoms with Crippen LogP contribution in [0.1, 0.15) is 0 Å². The maximum absolute atomic E-state index is 11.8. The second-order valence-electron chi connectivity index (χ2n) is 4.93. The fourth-order valence-electron chi connectivity index (χ4n) is 2.12. The van der Waals surface area contributed by atoms with Gasteiger partial charge in [-0.25, -0.2) is 0 Å². The second kappa shape index (κ2) is 5.98. The molecule has 0 spiro atoms. The van der Waals surface area contributed by atoms with Crippen LogP contribution >= 0.6 is 0 Å². The number of hydrogen-bond donors (Lipinski definition) is 4. The zero-order valence-corrected chi connectivity index (χ0v) is 10.9. The molecule has 19 heavy (non-hydrogen) atoms. The minimum Gasteiger partial charge on any atom is -0.481 e. The number of carboxylic acids is 2. The number of amides is 1. The van der Waals surface area contributed by atoms with E-state index in [1.54, 1.807) is 0 Å². The maximum Gasteiger partial charge on any atom is 0.320 e. The van der Waals surface area contributed by atoms with Crippen molar-refractivity contribution < 1.29 is 24.6 Å². The molecule has 0 aliphatic heterocycles.